The predicted molar refractivity (Wildman–Crippen MR) is 87.5 cm³/mol. The summed E-state index contributed by atoms with van der Waals surface area (Å²) in [4.78, 5) is 13.5. The lowest BCUT2D eigenvalue weighted by atomic mass is 10.1. The van der Waals surface area contributed by atoms with Crippen molar-refractivity contribution >= 4 is 22.7 Å². The fourth-order valence-electron chi connectivity index (χ4n) is 2.44. The molecule has 0 unspecified atom stereocenters. The molecule has 3 rings (SSSR count). The first-order valence-electron chi connectivity index (χ1n) is 6.91. The maximum Gasteiger partial charge on any atom is 0.188 e. The number of benzene rings is 1. The Labute approximate surface area is 128 Å². The Balaban J connectivity index is 1.91. The molecule has 4 heteroatoms. The van der Waals surface area contributed by atoms with E-state index in [1.165, 1.54) is 16.5 Å². The SMILES string of the molecule is Cc1cc(CSc2nc(C)cc(C)n2)c2ncccc2c1. The van der Waals surface area contributed by atoms with Crippen molar-refractivity contribution in [1.29, 1.82) is 0 Å². The van der Waals surface area contributed by atoms with Crippen molar-refractivity contribution < 1.29 is 0 Å². The molecule has 0 aliphatic heterocycles. The fraction of sp³-hybridized carbons (Fsp3) is 0.235. The Morgan fingerprint density at radius 1 is 1.00 bits per heavy atom. The van der Waals surface area contributed by atoms with Gasteiger partial charge in [0.1, 0.15) is 0 Å². The first kappa shape index (κ1) is 14.0. The van der Waals surface area contributed by atoms with Gasteiger partial charge in [-0.3, -0.25) is 4.98 Å². The molecule has 0 fully saturated rings. The summed E-state index contributed by atoms with van der Waals surface area (Å²) >= 11 is 1.66. The van der Waals surface area contributed by atoms with Gasteiger partial charge in [-0.25, -0.2) is 9.97 Å². The highest BCUT2D eigenvalue weighted by Gasteiger charge is 2.06. The molecule has 1 aromatic carbocycles. The van der Waals surface area contributed by atoms with Crippen molar-refractivity contribution in [2.24, 2.45) is 0 Å². The first-order chi connectivity index (χ1) is 10.1. The quantitative estimate of drug-likeness (QED) is 0.535. The van der Waals surface area contributed by atoms with E-state index in [-0.39, 0.29) is 0 Å². The molecular weight excluding hydrogens is 278 g/mol. The first-order valence-corrected chi connectivity index (χ1v) is 7.90. The van der Waals surface area contributed by atoms with Gasteiger partial charge in [0, 0.05) is 28.7 Å². The van der Waals surface area contributed by atoms with E-state index in [9.17, 15) is 0 Å². The smallest absolute Gasteiger partial charge is 0.188 e. The summed E-state index contributed by atoms with van der Waals surface area (Å²) in [5, 5.41) is 2.02. The summed E-state index contributed by atoms with van der Waals surface area (Å²) in [5.74, 6) is 0.831. The standard InChI is InChI=1S/C17H17N3S/c1-11-7-14-5-4-6-18-16(14)15(8-11)10-21-17-19-12(2)9-13(3)20-17/h4-9H,10H2,1-3H3. The highest BCUT2D eigenvalue weighted by molar-refractivity contribution is 7.98. The van der Waals surface area contributed by atoms with E-state index in [2.05, 4.69) is 40.1 Å². The lowest BCUT2D eigenvalue weighted by Gasteiger charge is -2.07. The Morgan fingerprint density at radius 3 is 2.52 bits per heavy atom. The van der Waals surface area contributed by atoms with Gasteiger partial charge in [0.15, 0.2) is 5.16 Å². The van der Waals surface area contributed by atoms with Crippen LogP contribution in [0.2, 0.25) is 0 Å². The molecule has 0 aliphatic carbocycles. The molecule has 0 aliphatic rings. The molecular formula is C17H17N3S. The van der Waals surface area contributed by atoms with E-state index in [1.807, 2.05) is 32.2 Å². The maximum atomic E-state index is 4.52. The molecule has 3 aromatic rings. The zero-order chi connectivity index (χ0) is 14.8. The minimum Gasteiger partial charge on any atom is -0.256 e. The van der Waals surface area contributed by atoms with Gasteiger partial charge in [0.05, 0.1) is 5.52 Å². The van der Waals surface area contributed by atoms with E-state index in [0.717, 1.165) is 27.8 Å². The average molecular weight is 295 g/mol. The van der Waals surface area contributed by atoms with Crippen molar-refractivity contribution in [1.82, 2.24) is 15.0 Å². The lowest BCUT2D eigenvalue weighted by Crippen LogP contribution is -1.94. The molecule has 0 saturated heterocycles. The van der Waals surface area contributed by atoms with Crippen LogP contribution in [0.4, 0.5) is 0 Å². The zero-order valence-electron chi connectivity index (χ0n) is 12.4. The van der Waals surface area contributed by atoms with Gasteiger partial charge in [-0.2, -0.15) is 0 Å². The summed E-state index contributed by atoms with van der Waals surface area (Å²) in [7, 11) is 0. The second-order valence-electron chi connectivity index (χ2n) is 5.22. The van der Waals surface area contributed by atoms with E-state index in [1.54, 1.807) is 11.8 Å². The van der Waals surface area contributed by atoms with Crippen molar-refractivity contribution in [2.75, 3.05) is 0 Å². The fourth-order valence-corrected chi connectivity index (χ4v) is 3.36. The second kappa shape index (κ2) is 5.82. The van der Waals surface area contributed by atoms with Crippen molar-refractivity contribution in [3.8, 4) is 0 Å². The summed E-state index contributed by atoms with van der Waals surface area (Å²) in [6, 6.07) is 10.4. The summed E-state index contributed by atoms with van der Waals surface area (Å²) in [6.07, 6.45) is 1.85. The number of hydrogen-bond donors (Lipinski definition) is 0. The Hall–Kier alpha value is -1.94. The van der Waals surface area contributed by atoms with Crippen LogP contribution in [-0.2, 0) is 5.75 Å². The van der Waals surface area contributed by atoms with Gasteiger partial charge in [0.25, 0.3) is 0 Å². The van der Waals surface area contributed by atoms with Crippen LogP contribution in [-0.4, -0.2) is 15.0 Å². The van der Waals surface area contributed by atoms with Crippen LogP contribution in [0.25, 0.3) is 10.9 Å². The van der Waals surface area contributed by atoms with Gasteiger partial charge in [0.2, 0.25) is 0 Å². The molecule has 0 radical (unpaired) electrons. The monoisotopic (exact) mass is 295 g/mol. The molecule has 0 atom stereocenters. The predicted octanol–water partition coefficient (Wildman–Crippen LogP) is 4.24. The number of nitrogens with zero attached hydrogens (tertiary/aromatic N) is 3. The van der Waals surface area contributed by atoms with Crippen LogP contribution >= 0.6 is 11.8 Å². The zero-order valence-corrected chi connectivity index (χ0v) is 13.2. The van der Waals surface area contributed by atoms with Crippen molar-refractivity contribution in [3.05, 3.63) is 59.0 Å². The number of aryl methyl sites for hydroxylation is 3. The van der Waals surface area contributed by atoms with Gasteiger partial charge in [-0.1, -0.05) is 29.5 Å². The van der Waals surface area contributed by atoms with Crippen LogP contribution in [0.3, 0.4) is 0 Å². The molecule has 106 valence electrons. The van der Waals surface area contributed by atoms with Crippen LogP contribution in [0, 0.1) is 20.8 Å². The van der Waals surface area contributed by atoms with E-state index >= 15 is 0 Å². The number of rotatable bonds is 3. The maximum absolute atomic E-state index is 4.52. The van der Waals surface area contributed by atoms with Gasteiger partial charge >= 0.3 is 0 Å². The van der Waals surface area contributed by atoms with E-state index in [0.29, 0.717) is 0 Å². The van der Waals surface area contributed by atoms with Gasteiger partial charge in [-0.05, 0) is 44.5 Å². The lowest BCUT2D eigenvalue weighted by molar-refractivity contribution is 0.902. The van der Waals surface area contributed by atoms with E-state index in [4.69, 9.17) is 0 Å². The average Bonchev–Trinajstić information content (AvgIpc) is 2.43. The molecule has 0 bridgehead atoms. The number of hydrogen-bond acceptors (Lipinski definition) is 4. The number of fused-ring (bicyclic) bond motifs is 1. The molecule has 2 heterocycles. The van der Waals surface area contributed by atoms with Crippen molar-refractivity contribution in [3.63, 3.8) is 0 Å². The third-order valence-electron chi connectivity index (χ3n) is 3.25. The number of pyridine rings is 1. The highest BCUT2D eigenvalue weighted by Crippen LogP contribution is 2.25. The molecule has 3 nitrogen and oxygen atoms in total. The molecule has 0 saturated carbocycles. The normalized spacial score (nSPS) is 11.0. The van der Waals surface area contributed by atoms with Crippen LogP contribution < -0.4 is 0 Å². The summed E-state index contributed by atoms with van der Waals surface area (Å²) in [6.45, 7) is 6.12. The van der Waals surface area contributed by atoms with Crippen LogP contribution in [0.15, 0.2) is 41.7 Å². The van der Waals surface area contributed by atoms with Crippen molar-refractivity contribution in [2.45, 2.75) is 31.7 Å². The van der Waals surface area contributed by atoms with Crippen LogP contribution in [0.5, 0.6) is 0 Å². The Kier molecular flexibility index (Phi) is 3.88. The minimum absolute atomic E-state index is 0.831. The minimum atomic E-state index is 0.831. The van der Waals surface area contributed by atoms with E-state index < -0.39 is 0 Å². The van der Waals surface area contributed by atoms with Crippen LogP contribution in [0.1, 0.15) is 22.5 Å². The summed E-state index contributed by atoms with van der Waals surface area (Å²) in [5.41, 5.74) is 5.58. The van der Waals surface area contributed by atoms with Gasteiger partial charge < -0.3 is 0 Å². The largest absolute Gasteiger partial charge is 0.256 e. The number of thioether (sulfide) groups is 1. The molecule has 21 heavy (non-hydrogen) atoms. The topological polar surface area (TPSA) is 38.7 Å². The Morgan fingerprint density at radius 2 is 1.76 bits per heavy atom. The Bertz CT molecular complexity index is 779. The molecule has 0 N–H and O–H groups in total. The molecule has 0 amide bonds. The molecule has 2 aromatic heterocycles. The van der Waals surface area contributed by atoms with Gasteiger partial charge in [-0.15, -0.1) is 0 Å². The number of aromatic nitrogens is 3. The third kappa shape index (κ3) is 3.22. The third-order valence-corrected chi connectivity index (χ3v) is 4.14. The second-order valence-corrected chi connectivity index (χ2v) is 6.16. The molecule has 0 spiro atoms. The summed E-state index contributed by atoms with van der Waals surface area (Å²) < 4.78 is 0. The highest BCUT2D eigenvalue weighted by atomic mass is 32.2.